The highest BCUT2D eigenvalue weighted by Crippen LogP contribution is 2.00. The molecule has 0 spiro atoms. The molecule has 0 rings (SSSR count). The minimum atomic E-state index is -0.622. The lowest BCUT2D eigenvalue weighted by molar-refractivity contribution is -0.128. The number of hydrogen-bond acceptors (Lipinski definition) is 4. The van der Waals surface area contributed by atoms with Crippen molar-refractivity contribution >= 4 is 23.8 Å². The van der Waals surface area contributed by atoms with Crippen LogP contribution in [0.2, 0.25) is 0 Å². The summed E-state index contributed by atoms with van der Waals surface area (Å²) in [6.07, 6.45) is 1.45. The molecule has 1 atom stereocenters. The molecule has 0 radical (unpaired) electrons. The van der Waals surface area contributed by atoms with Gasteiger partial charge in [-0.2, -0.15) is 0 Å². The molecular weight excluding hydrogens is 210 g/mol. The van der Waals surface area contributed by atoms with Gasteiger partial charge in [0.25, 0.3) is 0 Å². The number of carbonyl (C=O) groups is 4. The first-order valence-corrected chi connectivity index (χ1v) is 5.20. The number of nitrogens with one attached hydrogen (secondary N) is 1. The monoisotopic (exact) mass is 227 g/mol. The Morgan fingerprint density at radius 1 is 1.19 bits per heavy atom. The number of carbonyl (C=O) groups excluding carboxylic acids is 4. The molecule has 0 saturated carbocycles. The van der Waals surface area contributed by atoms with Gasteiger partial charge >= 0.3 is 0 Å². The number of Topliss-reactive ketones (excluding diaryl/α,β-unsaturated/α-hetero) is 2. The fraction of sp³-hybridized carbons (Fsp3) is 0.636. The van der Waals surface area contributed by atoms with Crippen molar-refractivity contribution in [3.05, 3.63) is 0 Å². The first-order chi connectivity index (χ1) is 7.47. The zero-order chi connectivity index (χ0) is 12.6. The summed E-state index contributed by atoms with van der Waals surface area (Å²) < 4.78 is 0. The maximum absolute atomic E-state index is 11.3. The van der Waals surface area contributed by atoms with Gasteiger partial charge in [-0.25, -0.2) is 0 Å². The summed E-state index contributed by atoms with van der Waals surface area (Å²) in [5, 5.41) is 2.51. The fourth-order valence-electron chi connectivity index (χ4n) is 1.18. The SMILES string of the molecule is CC(=O)CCC(NC(=O)CCC=O)C(C)=O. The number of amides is 1. The predicted octanol–water partition coefficient (Wildman–Crippen LogP) is 0.408. The van der Waals surface area contributed by atoms with E-state index < -0.39 is 6.04 Å². The Kier molecular flexibility index (Phi) is 7.00. The molecule has 0 fully saturated rings. The molecule has 0 aromatic carbocycles. The van der Waals surface area contributed by atoms with Gasteiger partial charge in [0.1, 0.15) is 12.1 Å². The van der Waals surface area contributed by atoms with Gasteiger partial charge in [0, 0.05) is 19.3 Å². The van der Waals surface area contributed by atoms with Gasteiger partial charge < -0.3 is 14.9 Å². The summed E-state index contributed by atoms with van der Waals surface area (Å²) in [4.78, 5) is 43.2. The third kappa shape index (κ3) is 6.86. The zero-order valence-corrected chi connectivity index (χ0v) is 9.62. The van der Waals surface area contributed by atoms with E-state index in [1.165, 1.54) is 13.8 Å². The lowest BCUT2D eigenvalue weighted by Gasteiger charge is -2.14. The molecule has 1 N–H and O–H groups in total. The normalized spacial score (nSPS) is 11.6. The Labute approximate surface area is 94.6 Å². The van der Waals surface area contributed by atoms with Gasteiger partial charge in [0.15, 0.2) is 5.78 Å². The summed E-state index contributed by atoms with van der Waals surface area (Å²) in [6.45, 7) is 2.80. The molecule has 0 saturated heterocycles. The minimum Gasteiger partial charge on any atom is -0.346 e. The van der Waals surface area contributed by atoms with Gasteiger partial charge in [0.2, 0.25) is 5.91 Å². The first kappa shape index (κ1) is 14.5. The summed E-state index contributed by atoms with van der Waals surface area (Å²) in [5.74, 6) is -0.537. The molecule has 0 aliphatic heterocycles. The third-order valence-electron chi connectivity index (χ3n) is 2.10. The van der Waals surface area contributed by atoms with Crippen LogP contribution in [0.15, 0.2) is 0 Å². The Morgan fingerprint density at radius 3 is 2.25 bits per heavy atom. The average Bonchev–Trinajstić information content (AvgIpc) is 2.20. The van der Waals surface area contributed by atoms with Gasteiger partial charge in [0.05, 0.1) is 6.04 Å². The van der Waals surface area contributed by atoms with E-state index in [9.17, 15) is 19.2 Å². The van der Waals surface area contributed by atoms with Gasteiger partial charge in [-0.05, 0) is 20.3 Å². The second kappa shape index (κ2) is 7.73. The van der Waals surface area contributed by atoms with Crippen LogP contribution in [0.25, 0.3) is 0 Å². The molecule has 0 aliphatic carbocycles. The van der Waals surface area contributed by atoms with Crippen LogP contribution in [-0.2, 0) is 19.2 Å². The quantitative estimate of drug-likeness (QED) is 0.609. The smallest absolute Gasteiger partial charge is 0.221 e. The van der Waals surface area contributed by atoms with Crippen molar-refractivity contribution in [1.82, 2.24) is 5.32 Å². The van der Waals surface area contributed by atoms with Crippen molar-refractivity contribution < 1.29 is 19.2 Å². The van der Waals surface area contributed by atoms with Crippen LogP contribution >= 0.6 is 0 Å². The lowest BCUT2D eigenvalue weighted by atomic mass is 10.1. The molecule has 1 unspecified atom stereocenters. The average molecular weight is 227 g/mol. The second-order valence-electron chi connectivity index (χ2n) is 3.68. The fourth-order valence-corrected chi connectivity index (χ4v) is 1.18. The van der Waals surface area contributed by atoms with Crippen molar-refractivity contribution in [3.63, 3.8) is 0 Å². The summed E-state index contributed by atoms with van der Waals surface area (Å²) in [5.41, 5.74) is 0. The molecule has 0 aromatic rings. The largest absolute Gasteiger partial charge is 0.346 e. The van der Waals surface area contributed by atoms with Crippen LogP contribution in [0.1, 0.15) is 39.5 Å². The van der Waals surface area contributed by atoms with Crippen molar-refractivity contribution in [3.8, 4) is 0 Å². The van der Waals surface area contributed by atoms with E-state index in [1.54, 1.807) is 0 Å². The third-order valence-corrected chi connectivity index (χ3v) is 2.10. The molecule has 5 heteroatoms. The van der Waals surface area contributed by atoms with Gasteiger partial charge in [-0.15, -0.1) is 0 Å². The van der Waals surface area contributed by atoms with E-state index in [0.29, 0.717) is 12.7 Å². The van der Waals surface area contributed by atoms with Gasteiger partial charge in [-0.3, -0.25) is 9.59 Å². The molecule has 0 bridgehead atoms. The van der Waals surface area contributed by atoms with E-state index in [1.807, 2.05) is 0 Å². The van der Waals surface area contributed by atoms with Crippen LogP contribution in [0.5, 0.6) is 0 Å². The molecule has 0 aliphatic rings. The lowest BCUT2D eigenvalue weighted by Crippen LogP contribution is -2.39. The summed E-state index contributed by atoms with van der Waals surface area (Å²) >= 11 is 0. The molecule has 16 heavy (non-hydrogen) atoms. The zero-order valence-electron chi connectivity index (χ0n) is 9.62. The second-order valence-corrected chi connectivity index (χ2v) is 3.68. The highest BCUT2D eigenvalue weighted by molar-refractivity contribution is 5.88. The van der Waals surface area contributed by atoms with Crippen LogP contribution in [0, 0.1) is 0 Å². The number of ketones is 2. The topological polar surface area (TPSA) is 80.3 Å². The molecule has 5 nitrogen and oxygen atoms in total. The predicted molar refractivity (Wildman–Crippen MR) is 57.8 cm³/mol. The highest BCUT2D eigenvalue weighted by Gasteiger charge is 2.16. The number of rotatable bonds is 8. The van der Waals surface area contributed by atoms with Crippen molar-refractivity contribution in [1.29, 1.82) is 0 Å². The molecule has 90 valence electrons. The van der Waals surface area contributed by atoms with Crippen LogP contribution in [0.3, 0.4) is 0 Å². The highest BCUT2D eigenvalue weighted by atomic mass is 16.2. The molecule has 0 aromatic heterocycles. The molecule has 1 amide bonds. The van der Waals surface area contributed by atoms with Crippen LogP contribution in [0.4, 0.5) is 0 Å². The van der Waals surface area contributed by atoms with E-state index in [4.69, 9.17) is 0 Å². The summed E-state index contributed by atoms with van der Waals surface area (Å²) in [7, 11) is 0. The van der Waals surface area contributed by atoms with Crippen molar-refractivity contribution in [2.75, 3.05) is 0 Å². The van der Waals surface area contributed by atoms with E-state index in [-0.39, 0.29) is 36.7 Å². The van der Waals surface area contributed by atoms with Crippen LogP contribution < -0.4 is 5.32 Å². The van der Waals surface area contributed by atoms with E-state index in [0.717, 1.165) is 0 Å². The Morgan fingerprint density at radius 2 is 1.81 bits per heavy atom. The molecule has 0 heterocycles. The minimum absolute atomic E-state index is 0.0200. The van der Waals surface area contributed by atoms with Crippen LogP contribution in [-0.4, -0.2) is 29.8 Å². The van der Waals surface area contributed by atoms with E-state index in [2.05, 4.69) is 5.32 Å². The Balaban J connectivity index is 4.11. The Hall–Kier alpha value is -1.52. The van der Waals surface area contributed by atoms with Gasteiger partial charge in [-0.1, -0.05) is 0 Å². The van der Waals surface area contributed by atoms with Crippen molar-refractivity contribution in [2.24, 2.45) is 0 Å². The maximum atomic E-state index is 11.3. The first-order valence-electron chi connectivity index (χ1n) is 5.20. The Bertz CT molecular complexity index is 286. The maximum Gasteiger partial charge on any atom is 0.221 e. The van der Waals surface area contributed by atoms with E-state index >= 15 is 0 Å². The number of hydrogen-bond donors (Lipinski definition) is 1. The number of aldehydes is 1. The standard InChI is InChI=1S/C11H17NO4/c1-8(14)5-6-10(9(2)15)12-11(16)4-3-7-13/h7,10H,3-6H2,1-2H3,(H,12,16). The summed E-state index contributed by atoms with van der Waals surface area (Å²) in [6, 6.07) is -0.622. The van der Waals surface area contributed by atoms with Crippen molar-refractivity contribution in [2.45, 2.75) is 45.6 Å². The molecular formula is C11H17NO4.